The SMILES string of the molecule is CCCn1cc(C=O)c(-c2cnc3ccsc3c2)n1. The fourth-order valence-corrected chi connectivity index (χ4v) is 2.85. The molecule has 3 rings (SSSR count). The molecular weight excluding hydrogens is 258 g/mol. The number of aryl methyl sites for hydroxylation is 1. The van der Waals surface area contributed by atoms with Crippen LogP contribution in [-0.4, -0.2) is 21.1 Å². The molecule has 0 bridgehead atoms. The van der Waals surface area contributed by atoms with Gasteiger partial charge in [0.1, 0.15) is 5.69 Å². The summed E-state index contributed by atoms with van der Waals surface area (Å²) in [4.78, 5) is 15.6. The van der Waals surface area contributed by atoms with Gasteiger partial charge >= 0.3 is 0 Å². The normalized spacial score (nSPS) is 11.0. The molecule has 19 heavy (non-hydrogen) atoms. The minimum Gasteiger partial charge on any atom is -0.298 e. The number of rotatable bonds is 4. The summed E-state index contributed by atoms with van der Waals surface area (Å²) in [6.07, 6.45) is 5.42. The van der Waals surface area contributed by atoms with Crippen molar-refractivity contribution in [3.8, 4) is 11.3 Å². The highest BCUT2D eigenvalue weighted by atomic mass is 32.1. The fraction of sp³-hybridized carbons (Fsp3) is 0.214. The van der Waals surface area contributed by atoms with Crippen LogP contribution < -0.4 is 0 Å². The fourth-order valence-electron chi connectivity index (χ4n) is 2.07. The molecule has 5 heteroatoms. The Morgan fingerprint density at radius 3 is 3.16 bits per heavy atom. The van der Waals surface area contributed by atoms with E-state index in [0.29, 0.717) is 11.3 Å². The first-order valence-electron chi connectivity index (χ1n) is 6.18. The van der Waals surface area contributed by atoms with Crippen LogP contribution in [0, 0.1) is 0 Å². The van der Waals surface area contributed by atoms with Crippen molar-refractivity contribution >= 4 is 27.8 Å². The zero-order valence-electron chi connectivity index (χ0n) is 10.5. The lowest BCUT2D eigenvalue weighted by atomic mass is 10.1. The number of nitrogens with zero attached hydrogens (tertiary/aromatic N) is 3. The van der Waals surface area contributed by atoms with Gasteiger partial charge in [-0.05, 0) is 23.9 Å². The second-order valence-corrected chi connectivity index (χ2v) is 5.29. The number of hydrogen-bond acceptors (Lipinski definition) is 4. The highest BCUT2D eigenvalue weighted by Gasteiger charge is 2.11. The van der Waals surface area contributed by atoms with Crippen molar-refractivity contribution in [3.63, 3.8) is 0 Å². The van der Waals surface area contributed by atoms with Gasteiger partial charge in [-0.25, -0.2) is 0 Å². The van der Waals surface area contributed by atoms with E-state index < -0.39 is 0 Å². The molecule has 0 atom stereocenters. The molecule has 3 aromatic rings. The number of fused-ring (bicyclic) bond motifs is 1. The molecule has 0 amide bonds. The van der Waals surface area contributed by atoms with Crippen LogP contribution in [0.3, 0.4) is 0 Å². The van der Waals surface area contributed by atoms with Crippen LogP contribution >= 0.6 is 11.3 Å². The Kier molecular flexibility index (Phi) is 3.13. The molecule has 0 aromatic carbocycles. The Labute approximate surface area is 114 Å². The lowest BCUT2D eigenvalue weighted by molar-refractivity contribution is 0.112. The quantitative estimate of drug-likeness (QED) is 0.683. The van der Waals surface area contributed by atoms with Gasteiger partial charge in [-0.2, -0.15) is 5.10 Å². The summed E-state index contributed by atoms with van der Waals surface area (Å²) in [5.41, 5.74) is 3.21. The van der Waals surface area contributed by atoms with Gasteiger partial charge in [0, 0.05) is 24.5 Å². The summed E-state index contributed by atoms with van der Waals surface area (Å²) in [7, 11) is 0. The smallest absolute Gasteiger partial charge is 0.153 e. The Morgan fingerprint density at radius 2 is 2.37 bits per heavy atom. The van der Waals surface area contributed by atoms with Gasteiger partial charge in [-0.3, -0.25) is 14.5 Å². The Morgan fingerprint density at radius 1 is 1.47 bits per heavy atom. The van der Waals surface area contributed by atoms with E-state index in [4.69, 9.17) is 0 Å². The number of aldehydes is 1. The van der Waals surface area contributed by atoms with Gasteiger partial charge in [-0.1, -0.05) is 6.92 Å². The van der Waals surface area contributed by atoms with Crippen molar-refractivity contribution in [3.05, 3.63) is 35.5 Å². The summed E-state index contributed by atoms with van der Waals surface area (Å²) in [6, 6.07) is 4.03. The van der Waals surface area contributed by atoms with E-state index in [1.54, 1.807) is 23.7 Å². The van der Waals surface area contributed by atoms with E-state index in [-0.39, 0.29) is 0 Å². The molecule has 3 aromatic heterocycles. The monoisotopic (exact) mass is 271 g/mol. The maximum Gasteiger partial charge on any atom is 0.153 e. The second-order valence-electron chi connectivity index (χ2n) is 4.34. The lowest BCUT2D eigenvalue weighted by Crippen LogP contribution is -1.96. The van der Waals surface area contributed by atoms with Crippen LogP contribution in [0.15, 0.2) is 29.9 Å². The largest absolute Gasteiger partial charge is 0.298 e. The zero-order chi connectivity index (χ0) is 13.2. The lowest BCUT2D eigenvalue weighted by Gasteiger charge is -1.98. The summed E-state index contributed by atoms with van der Waals surface area (Å²) in [6.45, 7) is 2.90. The molecule has 0 radical (unpaired) electrons. The maximum atomic E-state index is 11.2. The third kappa shape index (κ3) is 2.17. The van der Waals surface area contributed by atoms with Gasteiger partial charge in [0.15, 0.2) is 6.29 Å². The molecule has 0 fully saturated rings. The van der Waals surface area contributed by atoms with Crippen molar-refractivity contribution in [2.24, 2.45) is 0 Å². The van der Waals surface area contributed by atoms with E-state index in [2.05, 4.69) is 17.0 Å². The Bertz CT molecular complexity index is 729. The molecule has 4 nitrogen and oxygen atoms in total. The van der Waals surface area contributed by atoms with Crippen molar-refractivity contribution in [2.45, 2.75) is 19.9 Å². The Hall–Kier alpha value is -2.01. The predicted octanol–water partition coefficient (Wildman–Crippen LogP) is 3.38. The minimum atomic E-state index is 0.617. The molecule has 0 aliphatic heterocycles. The topological polar surface area (TPSA) is 47.8 Å². The average Bonchev–Trinajstić information content (AvgIpc) is 3.03. The summed E-state index contributed by atoms with van der Waals surface area (Å²) < 4.78 is 2.93. The molecule has 0 aliphatic carbocycles. The van der Waals surface area contributed by atoms with Crippen LogP contribution in [0.1, 0.15) is 23.7 Å². The Balaban J connectivity index is 2.10. The third-order valence-corrected chi connectivity index (χ3v) is 3.80. The minimum absolute atomic E-state index is 0.617. The first-order valence-corrected chi connectivity index (χ1v) is 7.06. The molecule has 0 saturated carbocycles. The molecule has 0 N–H and O–H groups in total. The van der Waals surface area contributed by atoms with Gasteiger partial charge in [0.25, 0.3) is 0 Å². The van der Waals surface area contributed by atoms with Crippen molar-refractivity contribution in [2.75, 3.05) is 0 Å². The molecule has 96 valence electrons. The van der Waals surface area contributed by atoms with Crippen LogP contribution in [-0.2, 0) is 6.54 Å². The van der Waals surface area contributed by atoms with Gasteiger partial charge in [0.05, 0.1) is 15.8 Å². The van der Waals surface area contributed by atoms with Crippen molar-refractivity contribution < 1.29 is 4.79 Å². The maximum absolute atomic E-state index is 11.2. The van der Waals surface area contributed by atoms with E-state index in [0.717, 1.165) is 35.0 Å². The molecule has 0 saturated heterocycles. The molecular formula is C14H13N3OS. The zero-order valence-corrected chi connectivity index (χ0v) is 11.4. The summed E-state index contributed by atoms with van der Waals surface area (Å²) >= 11 is 1.64. The van der Waals surface area contributed by atoms with Crippen LogP contribution in [0.25, 0.3) is 21.5 Å². The van der Waals surface area contributed by atoms with E-state index in [1.165, 1.54) is 0 Å². The average molecular weight is 271 g/mol. The predicted molar refractivity (Wildman–Crippen MR) is 76.5 cm³/mol. The number of hydrogen-bond donors (Lipinski definition) is 0. The van der Waals surface area contributed by atoms with Crippen LogP contribution in [0.5, 0.6) is 0 Å². The van der Waals surface area contributed by atoms with Crippen molar-refractivity contribution in [1.82, 2.24) is 14.8 Å². The molecule has 0 aliphatic rings. The van der Waals surface area contributed by atoms with Gasteiger partial charge < -0.3 is 0 Å². The van der Waals surface area contributed by atoms with Crippen LogP contribution in [0.4, 0.5) is 0 Å². The highest BCUT2D eigenvalue weighted by molar-refractivity contribution is 7.17. The van der Waals surface area contributed by atoms with E-state index in [9.17, 15) is 4.79 Å². The van der Waals surface area contributed by atoms with E-state index >= 15 is 0 Å². The van der Waals surface area contributed by atoms with E-state index in [1.807, 2.05) is 22.2 Å². The molecule has 0 spiro atoms. The first kappa shape index (κ1) is 12.0. The van der Waals surface area contributed by atoms with Crippen LogP contribution in [0.2, 0.25) is 0 Å². The number of aromatic nitrogens is 3. The number of carbonyl (C=O) groups excluding carboxylic acids is 1. The first-order chi connectivity index (χ1) is 9.31. The van der Waals surface area contributed by atoms with Crippen molar-refractivity contribution in [1.29, 1.82) is 0 Å². The van der Waals surface area contributed by atoms with Gasteiger partial charge in [0.2, 0.25) is 0 Å². The summed E-state index contributed by atoms with van der Waals surface area (Å²) in [5.74, 6) is 0. The standard InChI is InChI=1S/C14H13N3OS/c1-2-4-17-8-11(9-18)14(16-17)10-6-13-12(15-7-10)3-5-19-13/h3,5-9H,2,4H2,1H3. The summed E-state index contributed by atoms with van der Waals surface area (Å²) in [5, 5.41) is 6.49. The number of thiophene rings is 1. The number of carbonyl (C=O) groups is 1. The highest BCUT2D eigenvalue weighted by Crippen LogP contribution is 2.26. The number of pyridine rings is 1. The van der Waals surface area contributed by atoms with Gasteiger partial charge in [-0.15, -0.1) is 11.3 Å². The third-order valence-electron chi connectivity index (χ3n) is 2.95. The second kappa shape index (κ2) is 4.93. The molecule has 0 unspecified atom stereocenters. The molecule has 3 heterocycles.